The molecule has 0 spiro atoms. The van der Waals surface area contributed by atoms with Gasteiger partial charge in [0.1, 0.15) is 5.41 Å². The molecule has 3 heteroatoms. The van der Waals surface area contributed by atoms with E-state index in [-0.39, 0.29) is 11.8 Å². The van der Waals surface area contributed by atoms with Crippen molar-refractivity contribution in [3.8, 4) is 0 Å². The van der Waals surface area contributed by atoms with Crippen LogP contribution in [0.2, 0.25) is 0 Å². The van der Waals surface area contributed by atoms with Crippen LogP contribution < -0.4 is 0 Å². The first-order valence-corrected chi connectivity index (χ1v) is 6.47. The Kier molecular flexibility index (Phi) is 3.44. The Labute approximate surface area is 108 Å². The molecule has 18 heavy (non-hydrogen) atoms. The van der Waals surface area contributed by atoms with Gasteiger partial charge in [-0.3, -0.25) is 4.79 Å². The molecule has 1 fully saturated rings. The minimum atomic E-state index is -0.756. The van der Waals surface area contributed by atoms with E-state index in [1.807, 2.05) is 44.2 Å². The lowest BCUT2D eigenvalue weighted by atomic mass is 9.61. The van der Waals surface area contributed by atoms with E-state index in [0.29, 0.717) is 0 Å². The molecule has 98 valence electrons. The average molecular weight is 247 g/mol. The molecule has 0 aliphatic carbocycles. The number of likely N-dealkylation sites (tertiary alicyclic amines) is 1. The van der Waals surface area contributed by atoms with Gasteiger partial charge >= 0.3 is 5.97 Å². The molecule has 1 aromatic carbocycles. The molecular weight excluding hydrogens is 226 g/mol. The van der Waals surface area contributed by atoms with Crippen molar-refractivity contribution in [2.75, 3.05) is 20.1 Å². The summed E-state index contributed by atoms with van der Waals surface area (Å²) in [5.74, 6) is -0.487. The zero-order chi connectivity index (χ0) is 13.3. The van der Waals surface area contributed by atoms with Crippen molar-refractivity contribution in [2.45, 2.75) is 19.3 Å². The molecule has 2 atom stereocenters. The third-order valence-corrected chi connectivity index (χ3v) is 4.33. The maximum Gasteiger partial charge on any atom is 0.314 e. The van der Waals surface area contributed by atoms with E-state index in [4.69, 9.17) is 0 Å². The summed E-state index contributed by atoms with van der Waals surface area (Å²) < 4.78 is 0. The largest absolute Gasteiger partial charge is 0.481 e. The highest BCUT2D eigenvalue weighted by Crippen LogP contribution is 2.43. The van der Waals surface area contributed by atoms with Crippen LogP contribution >= 0.6 is 0 Å². The Morgan fingerprint density at radius 1 is 1.22 bits per heavy atom. The Balaban J connectivity index is 2.53. The number of aliphatic carboxylic acids is 1. The summed E-state index contributed by atoms with van der Waals surface area (Å²) in [5.41, 5.74) is 0.180. The number of nitrogens with zero attached hydrogens (tertiary/aromatic N) is 1. The maximum atomic E-state index is 12.0. The summed E-state index contributed by atoms with van der Waals surface area (Å²) >= 11 is 0. The van der Waals surface area contributed by atoms with E-state index >= 15 is 0 Å². The van der Waals surface area contributed by atoms with Gasteiger partial charge in [0.2, 0.25) is 0 Å². The highest BCUT2D eigenvalue weighted by molar-refractivity contribution is 5.82. The third kappa shape index (κ3) is 1.83. The maximum absolute atomic E-state index is 12.0. The first kappa shape index (κ1) is 13.1. The van der Waals surface area contributed by atoms with Crippen LogP contribution in [0.5, 0.6) is 0 Å². The average Bonchev–Trinajstić information content (AvgIpc) is 2.29. The molecule has 0 saturated carbocycles. The summed E-state index contributed by atoms with van der Waals surface area (Å²) in [6, 6.07) is 9.69. The Morgan fingerprint density at radius 3 is 2.17 bits per heavy atom. The molecule has 1 aromatic rings. The lowest BCUT2D eigenvalue weighted by molar-refractivity contribution is -0.151. The van der Waals surface area contributed by atoms with E-state index in [0.717, 1.165) is 18.7 Å². The van der Waals surface area contributed by atoms with Gasteiger partial charge in [-0.15, -0.1) is 0 Å². The van der Waals surface area contributed by atoms with Crippen molar-refractivity contribution >= 4 is 5.97 Å². The van der Waals surface area contributed by atoms with Crippen LogP contribution in [0.1, 0.15) is 19.4 Å². The first-order valence-electron chi connectivity index (χ1n) is 6.47. The molecule has 1 saturated heterocycles. The molecule has 3 nitrogen and oxygen atoms in total. The number of carboxylic acids is 1. The van der Waals surface area contributed by atoms with E-state index in [2.05, 4.69) is 11.9 Å². The molecule has 2 unspecified atom stereocenters. The Bertz CT molecular complexity index is 417. The highest BCUT2D eigenvalue weighted by Gasteiger charge is 2.52. The highest BCUT2D eigenvalue weighted by atomic mass is 16.4. The van der Waals surface area contributed by atoms with Gasteiger partial charge in [-0.05, 0) is 24.4 Å². The van der Waals surface area contributed by atoms with Crippen LogP contribution in [0.3, 0.4) is 0 Å². The fourth-order valence-corrected chi connectivity index (χ4v) is 3.61. The zero-order valence-corrected chi connectivity index (χ0v) is 11.3. The van der Waals surface area contributed by atoms with Gasteiger partial charge in [-0.25, -0.2) is 0 Å². The molecule has 0 radical (unpaired) electrons. The molecule has 0 amide bonds. The van der Waals surface area contributed by atoms with Crippen LogP contribution in [0, 0.1) is 11.8 Å². The fourth-order valence-electron chi connectivity index (χ4n) is 3.61. The lowest BCUT2D eigenvalue weighted by Gasteiger charge is -2.47. The summed E-state index contributed by atoms with van der Waals surface area (Å²) in [6.07, 6.45) is 0. The normalized spacial score (nSPS) is 33.3. The van der Waals surface area contributed by atoms with Gasteiger partial charge < -0.3 is 10.0 Å². The predicted molar refractivity (Wildman–Crippen MR) is 71.6 cm³/mol. The molecule has 1 aliphatic rings. The lowest BCUT2D eigenvalue weighted by Crippen LogP contribution is -2.57. The van der Waals surface area contributed by atoms with Gasteiger partial charge in [0, 0.05) is 13.1 Å². The van der Waals surface area contributed by atoms with Crippen molar-refractivity contribution in [1.82, 2.24) is 4.90 Å². The third-order valence-electron chi connectivity index (χ3n) is 4.33. The summed E-state index contributed by atoms with van der Waals surface area (Å²) in [5, 5.41) is 9.85. The first-order chi connectivity index (χ1) is 8.49. The number of rotatable bonds is 2. The van der Waals surface area contributed by atoms with Crippen LogP contribution in [-0.4, -0.2) is 36.1 Å². The van der Waals surface area contributed by atoms with Crippen LogP contribution in [0.15, 0.2) is 30.3 Å². The van der Waals surface area contributed by atoms with Crippen molar-refractivity contribution in [3.05, 3.63) is 35.9 Å². The number of benzene rings is 1. The molecule has 1 N–H and O–H groups in total. The Morgan fingerprint density at radius 2 is 1.72 bits per heavy atom. The zero-order valence-electron chi connectivity index (χ0n) is 11.3. The molecule has 2 rings (SSSR count). The molecular formula is C15H21NO2. The molecule has 0 aromatic heterocycles. The summed E-state index contributed by atoms with van der Waals surface area (Å²) in [4.78, 5) is 14.2. The monoisotopic (exact) mass is 247 g/mol. The number of hydrogen-bond acceptors (Lipinski definition) is 2. The topological polar surface area (TPSA) is 40.5 Å². The van der Waals surface area contributed by atoms with Gasteiger partial charge in [-0.2, -0.15) is 0 Å². The second-order valence-electron chi connectivity index (χ2n) is 5.56. The van der Waals surface area contributed by atoms with Crippen molar-refractivity contribution < 1.29 is 9.90 Å². The minimum Gasteiger partial charge on any atom is -0.481 e. The van der Waals surface area contributed by atoms with Gasteiger partial charge in [-0.1, -0.05) is 44.2 Å². The molecule has 0 bridgehead atoms. The van der Waals surface area contributed by atoms with Gasteiger partial charge in [0.05, 0.1) is 0 Å². The summed E-state index contributed by atoms with van der Waals surface area (Å²) in [7, 11) is 2.06. The number of carbonyl (C=O) groups is 1. The van der Waals surface area contributed by atoms with Gasteiger partial charge in [0.25, 0.3) is 0 Å². The second-order valence-corrected chi connectivity index (χ2v) is 5.56. The fraction of sp³-hybridized carbons (Fsp3) is 0.533. The molecule has 1 heterocycles. The van der Waals surface area contributed by atoms with E-state index in [1.165, 1.54) is 0 Å². The SMILES string of the molecule is CC1CN(C)CC(C)C1(C(=O)O)c1ccccc1. The van der Waals surface area contributed by atoms with Crippen molar-refractivity contribution in [2.24, 2.45) is 11.8 Å². The second kappa shape index (κ2) is 4.73. The number of hydrogen-bond donors (Lipinski definition) is 1. The van der Waals surface area contributed by atoms with E-state index < -0.39 is 11.4 Å². The van der Waals surface area contributed by atoms with Crippen LogP contribution in [0.25, 0.3) is 0 Å². The van der Waals surface area contributed by atoms with E-state index in [1.54, 1.807) is 0 Å². The van der Waals surface area contributed by atoms with Gasteiger partial charge in [0.15, 0.2) is 0 Å². The summed E-state index contributed by atoms with van der Waals surface area (Å²) in [6.45, 7) is 5.75. The number of piperidine rings is 1. The van der Waals surface area contributed by atoms with E-state index in [9.17, 15) is 9.90 Å². The predicted octanol–water partition coefficient (Wildman–Crippen LogP) is 2.23. The minimum absolute atomic E-state index is 0.103. The van der Waals surface area contributed by atoms with Crippen LogP contribution in [-0.2, 0) is 10.2 Å². The van der Waals surface area contributed by atoms with Crippen molar-refractivity contribution in [1.29, 1.82) is 0 Å². The Hall–Kier alpha value is -1.35. The smallest absolute Gasteiger partial charge is 0.314 e. The van der Waals surface area contributed by atoms with Crippen molar-refractivity contribution in [3.63, 3.8) is 0 Å². The standard InChI is InChI=1S/C15H21NO2/c1-11-9-16(3)10-12(2)15(11,14(17)18)13-7-5-4-6-8-13/h4-8,11-12H,9-10H2,1-3H3,(H,17,18). The number of carboxylic acid groups (broad SMARTS) is 1. The quantitative estimate of drug-likeness (QED) is 0.871. The van der Waals surface area contributed by atoms with Crippen LogP contribution in [0.4, 0.5) is 0 Å². The molecule has 1 aliphatic heterocycles.